The highest BCUT2D eigenvalue weighted by atomic mass is 35.5. The van der Waals surface area contributed by atoms with Gasteiger partial charge in [0.25, 0.3) is 0 Å². The molecule has 0 spiro atoms. The van der Waals surface area contributed by atoms with Gasteiger partial charge in [0.1, 0.15) is 12.2 Å². The van der Waals surface area contributed by atoms with E-state index in [-0.39, 0.29) is 18.2 Å². The van der Waals surface area contributed by atoms with Crippen LogP contribution in [0.4, 0.5) is 5.69 Å². The molecule has 1 aromatic rings. The number of hydrogen-bond donors (Lipinski definition) is 1. The first kappa shape index (κ1) is 17.3. The number of nitrogens with one attached hydrogen (secondary N) is 1. The number of hydrogen-bond acceptors (Lipinski definition) is 3. The van der Waals surface area contributed by atoms with Crippen molar-refractivity contribution in [3.63, 3.8) is 0 Å². The minimum Gasteiger partial charge on any atom is -0.495 e. The summed E-state index contributed by atoms with van der Waals surface area (Å²) in [7, 11) is 3.20. The van der Waals surface area contributed by atoms with Crippen molar-refractivity contribution in [3.05, 3.63) is 23.2 Å². The monoisotopic (exact) mass is 312 g/mol. The van der Waals surface area contributed by atoms with E-state index >= 15 is 0 Å². The summed E-state index contributed by atoms with van der Waals surface area (Å²) >= 11 is 5.89. The summed E-state index contributed by atoms with van der Waals surface area (Å²) < 4.78 is 5.14. The van der Waals surface area contributed by atoms with Gasteiger partial charge in [-0.3, -0.25) is 9.59 Å². The summed E-state index contributed by atoms with van der Waals surface area (Å²) in [4.78, 5) is 25.4. The first-order chi connectivity index (χ1) is 9.97. The fraction of sp³-hybridized carbons (Fsp3) is 0.467. The molecule has 0 saturated carbocycles. The SMILES string of the molecule is CCCCN(C)C(=O)CC(=O)Nc1cc(Cl)ccc1OC. The van der Waals surface area contributed by atoms with E-state index in [0.717, 1.165) is 12.8 Å². The van der Waals surface area contributed by atoms with Gasteiger partial charge in [0.05, 0.1) is 12.8 Å². The van der Waals surface area contributed by atoms with E-state index in [1.807, 2.05) is 0 Å². The molecule has 0 heterocycles. The van der Waals surface area contributed by atoms with E-state index in [1.54, 1.807) is 30.1 Å². The van der Waals surface area contributed by atoms with Gasteiger partial charge in [0, 0.05) is 18.6 Å². The zero-order valence-electron chi connectivity index (χ0n) is 12.6. The van der Waals surface area contributed by atoms with Crippen LogP contribution in [0.5, 0.6) is 5.75 Å². The van der Waals surface area contributed by atoms with Gasteiger partial charge in [-0.1, -0.05) is 24.9 Å². The molecule has 0 radical (unpaired) electrons. The molecule has 1 rings (SSSR count). The lowest BCUT2D eigenvalue weighted by Crippen LogP contribution is -2.31. The fourth-order valence-electron chi connectivity index (χ4n) is 1.76. The Balaban J connectivity index is 2.61. The van der Waals surface area contributed by atoms with Crippen molar-refractivity contribution in [3.8, 4) is 5.75 Å². The third-order valence-electron chi connectivity index (χ3n) is 3.02. The molecule has 5 nitrogen and oxygen atoms in total. The number of ether oxygens (including phenoxy) is 1. The summed E-state index contributed by atoms with van der Waals surface area (Å²) in [6.07, 6.45) is 1.73. The number of rotatable bonds is 7. The highest BCUT2D eigenvalue weighted by Gasteiger charge is 2.15. The molecule has 0 aliphatic rings. The topological polar surface area (TPSA) is 58.6 Å². The number of unbranched alkanes of at least 4 members (excludes halogenated alkanes) is 1. The van der Waals surface area contributed by atoms with Crippen molar-refractivity contribution in [1.29, 1.82) is 0 Å². The standard InChI is InChI=1S/C15H21ClN2O3/c1-4-5-8-18(2)15(20)10-14(19)17-12-9-11(16)6-7-13(12)21-3/h6-7,9H,4-5,8,10H2,1-3H3,(H,17,19). The Kier molecular flexibility index (Phi) is 7.02. The third kappa shape index (κ3) is 5.63. The van der Waals surface area contributed by atoms with Gasteiger partial charge >= 0.3 is 0 Å². The summed E-state index contributed by atoms with van der Waals surface area (Å²) in [5.74, 6) is -0.0922. The number of nitrogens with zero attached hydrogens (tertiary/aromatic N) is 1. The molecule has 0 atom stereocenters. The Hall–Kier alpha value is -1.75. The van der Waals surface area contributed by atoms with Crippen LogP contribution in [0.25, 0.3) is 0 Å². The van der Waals surface area contributed by atoms with Gasteiger partial charge in [-0.25, -0.2) is 0 Å². The van der Waals surface area contributed by atoms with Crippen LogP contribution in [0.15, 0.2) is 18.2 Å². The second-order valence-corrected chi connectivity index (χ2v) is 5.17. The first-order valence-electron chi connectivity index (χ1n) is 6.85. The van der Waals surface area contributed by atoms with E-state index < -0.39 is 0 Å². The van der Waals surface area contributed by atoms with Crippen LogP contribution in [0, 0.1) is 0 Å². The zero-order chi connectivity index (χ0) is 15.8. The Morgan fingerprint density at radius 3 is 2.71 bits per heavy atom. The molecular formula is C15H21ClN2O3. The molecular weight excluding hydrogens is 292 g/mol. The quantitative estimate of drug-likeness (QED) is 0.788. The lowest BCUT2D eigenvalue weighted by Gasteiger charge is -2.16. The minimum atomic E-state index is -0.385. The van der Waals surface area contributed by atoms with Crippen molar-refractivity contribution in [1.82, 2.24) is 4.90 Å². The van der Waals surface area contributed by atoms with E-state index in [2.05, 4.69) is 12.2 Å². The van der Waals surface area contributed by atoms with Crippen LogP contribution in [0.1, 0.15) is 26.2 Å². The van der Waals surface area contributed by atoms with Gasteiger partial charge in [-0.15, -0.1) is 0 Å². The molecule has 1 aromatic carbocycles. The molecule has 0 aliphatic heterocycles. The maximum atomic E-state index is 11.9. The summed E-state index contributed by atoms with van der Waals surface area (Å²) in [6.45, 7) is 2.71. The largest absolute Gasteiger partial charge is 0.495 e. The second kappa shape index (κ2) is 8.52. The van der Waals surface area contributed by atoms with Crippen molar-refractivity contribution in [2.24, 2.45) is 0 Å². The predicted molar refractivity (Wildman–Crippen MR) is 83.8 cm³/mol. The van der Waals surface area contributed by atoms with Crippen molar-refractivity contribution >= 4 is 29.1 Å². The number of amides is 2. The average molecular weight is 313 g/mol. The average Bonchev–Trinajstić information content (AvgIpc) is 2.44. The minimum absolute atomic E-state index is 0.199. The molecule has 0 fully saturated rings. The molecule has 116 valence electrons. The molecule has 0 aromatic heterocycles. The number of carbonyl (C=O) groups is 2. The molecule has 1 N–H and O–H groups in total. The molecule has 6 heteroatoms. The molecule has 2 amide bonds. The van der Waals surface area contributed by atoms with E-state index in [9.17, 15) is 9.59 Å². The van der Waals surface area contributed by atoms with Crippen LogP contribution >= 0.6 is 11.6 Å². The number of methoxy groups -OCH3 is 1. The molecule has 0 bridgehead atoms. The van der Waals surface area contributed by atoms with Crippen LogP contribution in [0.3, 0.4) is 0 Å². The number of carbonyl (C=O) groups excluding carboxylic acids is 2. The van der Waals surface area contributed by atoms with Gasteiger partial charge in [0.15, 0.2) is 0 Å². The van der Waals surface area contributed by atoms with Crippen LogP contribution < -0.4 is 10.1 Å². The third-order valence-corrected chi connectivity index (χ3v) is 3.26. The molecule has 0 aliphatic carbocycles. The molecule has 21 heavy (non-hydrogen) atoms. The summed E-state index contributed by atoms with van der Waals surface area (Å²) in [5, 5.41) is 3.13. The number of benzene rings is 1. The van der Waals surface area contributed by atoms with E-state index in [4.69, 9.17) is 16.3 Å². The number of halogens is 1. The van der Waals surface area contributed by atoms with Crippen LogP contribution in [0.2, 0.25) is 5.02 Å². The first-order valence-corrected chi connectivity index (χ1v) is 7.23. The van der Waals surface area contributed by atoms with Crippen LogP contribution in [-0.2, 0) is 9.59 Å². The Bertz CT molecular complexity index is 506. The molecule has 0 unspecified atom stereocenters. The van der Waals surface area contributed by atoms with Gasteiger partial charge in [0.2, 0.25) is 11.8 Å². The van der Waals surface area contributed by atoms with E-state index in [1.165, 1.54) is 7.11 Å². The maximum Gasteiger partial charge on any atom is 0.233 e. The highest BCUT2D eigenvalue weighted by Crippen LogP contribution is 2.27. The lowest BCUT2D eigenvalue weighted by atomic mass is 10.2. The zero-order valence-corrected chi connectivity index (χ0v) is 13.4. The van der Waals surface area contributed by atoms with Gasteiger partial charge in [-0.2, -0.15) is 0 Å². The van der Waals surface area contributed by atoms with Crippen molar-refractivity contribution in [2.45, 2.75) is 26.2 Å². The smallest absolute Gasteiger partial charge is 0.233 e. The van der Waals surface area contributed by atoms with E-state index in [0.29, 0.717) is 23.0 Å². The summed E-state index contributed by atoms with van der Waals surface area (Å²) in [6, 6.07) is 4.91. The Labute approximate surface area is 130 Å². The van der Waals surface area contributed by atoms with Gasteiger partial charge < -0.3 is 15.0 Å². The number of anilines is 1. The Morgan fingerprint density at radius 1 is 1.38 bits per heavy atom. The normalized spacial score (nSPS) is 10.1. The van der Waals surface area contributed by atoms with Crippen LogP contribution in [-0.4, -0.2) is 37.4 Å². The predicted octanol–water partition coefficient (Wildman–Crippen LogP) is 2.94. The second-order valence-electron chi connectivity index (χ2n) is 4.74. The lowest BCUT2D eigenvalue weighted by molar-refractivity contribution is -0.133. The molecule has 0 saturated heterocycles. The van der Waals surface area contributed by atoms with Crippen molar-refractivity contribution in [2.75, 3.05) is 26.0 Å². The van der Waals surface area contributed by atoms with Gasteiger partial charge in [-0.05, 0) is 24.6 Å². The highest BCUT2D eigenvalue weighted by molar-refractivity contribution is 6.31. The maximum absolute atomic E-state index is 11.9. The Morgan fingerprint density at radius 2 is 2.10 bits per heavy atom. The fourth-order valence-corrected chi connectivity index (χ4v) is 1.94. The summed E-state index contributed by atoms with van der Waals surface area (Å²) in [5.41, 5.74) is 0.457. The van der Waals surface area contributed by atoms with Crippen molar-refractivity contribution < 1.29 is 14.3 Å².